The van der Waals surface area contributed by atoms with Crippen molar-refractivity contribution in [1.29, 1.82) is 0 Å². The minimum absolute atomic E-state index is 0.697. The first-order valence-electron chi connectivity index (χ1n) is 7.63. The molecule has 0 amide bonds. The van der Waals surface area contributed by atoms with Crippen molar-refractivity contribution in [2.45, 2.75) is 51.1 Å². The van der Waals surface area contributed by atoms with E-state index >= 15 is 0 Å². The van der Waals surface area contributed by atoms with Gasteiger partial charge in [0.1, 0.15) is 0 Å². The maximum absolute atomic E-state index is 4.07. The smallest absolute Gasteiger partial charge is 0.0270 e. The van der Waals surface area contributed by atoms with Gasteiger partial charge in [0.2, 0.25) is 0 Å². The number of pyridine rings is 1. The van der Waals surface area contributed by atoms with E-state index < -0.39 is 0 Å². The Balaban J connectivity index is 1.80. The third-order valence-corrected chi connectivity index (χ3v) is 4.20. The molecule has 1 aromatic heterocycles. The standard InChI is InChI=1S/C16H27N3/c1-3-10-18-15-5-4-6-16(15)19(2)13-9-14-7-11-17-12-8-14/h7-8,11-12,15-16,18H,3-6,9-10,13H2,1-2H3. The zero-order valence-corrected chi connectivity index (χ0v) is 12.3. The molecule has 1 aliphatic carbocycles. The fourth-order valence-electron chi connectivity index (χ4n) is 3.06. The molecule has 0 aliphatic heterocycles. The SMILES string of the molecule is CCCNC1CCCC1N(C)CCc1ccncc1. The maximum Gasteiger partial charge on any atom is 0.0270 e. The third kappa shape index (κ3) is 4.29. The fraction of sp³-hybridized carbons (Fsp3) is 0.688. The van der Waals surface area contributed by atoms with E-state index in [1.807, 2.05) is 12.4 Å². The van der Waals surface area contributed by atoms with Crippen LogP contribution in [0.15, 0.2) is 24.5 Å². The summed E-state index contributed by atoms with van der Waals surface area (Å²) in [4.78, 5) is 6.61. The molecular weight excluding hydrogens is 234 g/mol. The largest absolute Gasteiger partial charge is 0.312 e. The van der Waals surface area contributed by atoms with Crippen molar-refractivity contribution in [3.63, 3.8) is 0 Å². The van der Waals surface area contributed by atoms with Crippen molar-refractivity contribution in [3.05, 3.63) is 30.1 Å². The number of rotatable bonds is 7. The van der Waals surface area contributed by atoms with E-state index in [9.17, 15) is 0 Å². The van der Waals surface area contributed by atoms with Crippen LogP contribution in [0.1, 0.15) is 38.2 Å². The summed E-state index contributed by atoms with van der Waals surface area (Å²) >= 11 is 0. The molecule has 1 fully saturated rings. The van der Waals surface area contributed by atoms with Gasteiger partial charge in [0.25, 0.3) is 0 Å². The molecule has 0 radical (unpaired) electrons. The van der Waals surface area contributed by atoms with E-state index in [2.05, 4.69) is 41.3 Å². The van der Waals surface area contributed by atoms with Crippen molar-refractivity contribution in [2.24, 2.45) is 0 Å². The number of nitrogens with one attached hydrogen (secondary N) is 1. The van der Waals surface area contributed by atoms with Crippen LogP contribution in [-0.4, -0.2) is 42.1 Å². The average Bonchev–Trinajstić information content (AvgIpc) is 2.92. The fourth-order valence-corrected chi connectivity index (χ4v) is 3.06. The van der Waals surface area contributed by atoms with Gasteiger partial charge in [-0.2, -0.15) is 0 Å². The van der Waals surface area contributed by atoms with Gasteiger partial charge >= 0.3 is 0 Å². The van der Waals surface area contributed by atoms with Gasteiger partial charge < -0.3 is 10.2 Å². The normalized spacial score (nSPS) is 23.1. The van der Waals surface area contributed by atoms with E-state index in [4.69, 9.17) is 0 Å². The van der Waals surface area contributed by atoms with Crippen molar-refractivity contribution in [2.75, 3.05) is 20.1 Å². The van der Waals surface area contributed by atoms with Crippen LogP contribution < -0.4 is 5.32 Å². The number of aromatic nitrogens is 1. The highest BCUT2D eigenvalue weighted by Crippen LogP contribution is 2.23. The molecule has 3 heteroatoms. The predicted molar refractivity (Wildman–Crippen MR) is 80.3 cm³/mol. The van der Waals surface area contributed by atoms with E-state index in [1.54, 1.807) is 0 Å². The summed E-state index contributed by atoms with van der Waals surface area (Å²) in [6.07, 6.45) is 10.2. The highest BCUT2D eigenvalue weighted by molar-refractivity contribution is 5.10. The van der Waals surface area contributed by atoms with E-state index in [0.29, 0.717) is 12.1 Å². The molecule has 3 nitrogen and oxygen atoms in total. The summed E-state index contributed by atoms with van der Waals surface area (Å²) in [6.45, 7) is 4.53. The Morgan fingerprint density at radius 1 is 1.32 bits per heavy atom. The van der Waals surface area contributed by atoms with Crippen molar-refractivity contribution in [3.8, 4) is 0 Å². The Labute approximate surface area is 117 Å². The molecule has 2 rings (SSSR count). The molecule has 2 unspecified atom stereocenters. The van der Waals surface area contributed by atoms with Gasteiger partial charge in [0.15, 0.2) is 0 Å². The second-order valence-electron chi connectivity index (χ2n) is 5.64. The lowest BCUT2D eigenvalue weighted by Gasteiger charge is -2.30. The van der Waals surface area contributed by atoms with E-state index in [1.165, 1.54) is 31.2 Å². The summed E-state index contributed by atoms with van der Waals surface area (Å²) in [6, 6.07) is 5.65. The first kappa shape index (κ1) is 14.5. The molecule has 0 spiro atoms. The van der Waals surface area contributed by atoms with Crippen LogP contribution in [0, 0.1) is 0 Å². The third-order valence-electron chi connectivity index (χ3n) is 4.20. The molecule has 0 bridgehead atoms. The second kappa shape index (κ2) is 7.61. The first-order valence-corrected chi connectivity index (χ1v) is 7.63. The first-order chi connectivity index (χ1) is 9.31. The van der Waals surface area contributed by atoms with Crippen LogP contribution in [0.5, 0.6) is 0 Å². The van der Waals surface area contributed by atoms with Crippen molar-refractivity contribution < 1.29 is 0 Å². The Morgan fingerprint density at radius 3 is 2.84 bits per heavy atom. The Morgan fingerprint density at radius 2 is 2.11 bits per heavy atom. The van der Waals surface area contributed by atoms with E-state index in [0.717, 1.165) is 19.5 Å². The van der Waals surface area contributed by atoms with Crippen LogP contribution in [0.25, 0.3) is 0 Å². The highest BCUT2D eigenvalue weighted by Gasteiger charge is 2.29. The molecule has 19 heavy (non-hydrogen) atoms. The van der Waals surface area contributed by atoms with Crippen LogP contribution in [0.3, 0.4) is 0 Å². The van der Waals surface area contributed by atoms with E-state index in [-0.39, 0.29) is 0 Å². The zero-order valence-electron chi connectivity index (χ0n) is 12.3. The van der Waals surface area contributed by atoms with Crippen LogP contribution in [-0.2, 0) is 6.42 Å². The maximum atomic E-state index is 4.07. The van der Waals surface area contributed by atoms with Crippen molar-refractivity contribution >= 4 is 0 Å². The summed E-state index contributed by atoms with van der Waals surface area (Å²) < 4.78 is 0. The number of nitrogens with zero attached hydrogens (tertiary/aromatic N) is 2. The summed E-state index contributed by atoms with van der Waals surface area (Å²) in [7, 11) is 2.28. The molecule has 2 atom stereocenters. The molecule has 1 N–H and O–H groups in total. The lowest BCUT2D eigenvalue weighted by Crippen LogP contribution is -2.46. The van der Waals surface area contributed by atoms with Gasteiger partial charge in [0.05, 0.1) is 0 Å². The van der Waals surface area contributed by atoms with Crippen LogP contribution >= 0.6 is 0 Å². The molecule has 0 saturated heterocycles. The van der Waals surface area contributed by atoms with Gasteiger partial charge in [-0.1, -0.05) is 13.3 Å². The highest BCUT2D eigenvalue weighted by atomic mass is 15.2. The molecule has 1 heterocycles. The summed E-state index contributed by atoms with van der Waals surface area (Å²) in [5.41, 5.74) is 1.39. The average molecular weight is 261 g/mol. The number of likely N-dealkylation sites (N-methyl/N-ethyl adjacent to an activating group) is 1. The molecule has 1 aliphatic rings. The monoisotopic (exact) mass is 261 g/mol. The molecule has 1 saturated carbocycles. The van der Waals surface area contributed by atoms with Gasteiger partial charge in [-0.15, -0.1) is 0 Å². The van der Waals surface area contributed by atoms with Gasteiger partial charge in [-0.05, 0) is 57.0 Å². The summed E-state index contributed by atoms with van der Waals surface area (Å²) in [5, 5.41) is 3.71. The topological polar surface area (TPSA) is 28.2 Å². The second-order valence-corrected chi connectivity index (χ2v) is 5.64. The lowest BCUT2D eigenvalue weighted by molar-refractivity contribution is 0.213. The van der Waals surface area contributed by atoms with Gasteiger partial charge in [-0.3, -0.25) is 4.98 Å². The minimum Gasteiger partial charge on any atom is -0.312 e. The molecule has 0 aromatic carbocycles. The lowest BCUT2D eigenvalue weighted by atomic mass is 10.1. The van der Waals surface area contributed by atoms with Crippen molar-refractivity contribution in [1.82, 2.24) is 15.2 Å². The van der Waals surface area contributed by atoms with Crippen LogP contribution in [0.4, 0.5) is 0 Å². The minimum atomic E-state index is 0.697. The Bertz CT molecular complexity index is 352. The zero-order chi connectivity index (χ0) is 13.5. The number of hydrogen-bond donors (Lipinski definition) is 1. The molecule has 1 aromatic rings. The van der Waals surface area contributed by atoms with Gasteiger partial charge in [-0.25, -0.2) is 0 Å². The molecule has 106 valence electrons. The quantitative estimate of drug-likeness (QED) is 0.817. The van der Waals surface area contributed by atoms with Gasteiger partial charge in [0, 0.05) is 31.0 Å². The molecular formula is C16H27N3. The Hall–Kier alpha value is -0.930. The number of hydrogen-bond acceptors (Lipinski definition) is 3. The summed E-state index contributed by atoms with van der Waals surface area (Å²) in [5.74, 6) is 0. The van der Waals surface area contributed by atoms with Crippen LogP contribution in [0.2, 0.25) is 0 Å². The predicted octanol–water partition coefficient (Wildman–Crippen LogP) is 2.48. The Kier molecular flexibility index (Phi) is 5.80.